The summed E-state index contributed by atoms with van der Waals surface area (Å²) in [6.45, 7) is 0.807. The average molecular weight is 279 g/mol. The van der Waals surface area contributed by atoms with Crippen molar-refractivity contribution < 1.29 is 0 Å². The van der Waals surface area contributed by atoms with Gasteiger partial charge in [0, 0.05) is 17.3 Å². The molecule has 2 aromatic rings. The molecular weight excluding hydrogens is 271 g/mol. The normalized spacial score (nSPS) is 10.6. The highest BCUT2D eigenvalue weighted by atomic mass is 35.5. The third-order valence-electron chi connectivity index (χ3n) is 1.81. The molecular formula is C9H8Cl2N2S2. The van der Waals surface area contributed by atoms with E-state index in [2.05, 4.69) is 9.88 Å². The highest BCUT2D eigenvalue weighted by Gasteiger charge is 2.07. The van der Waals surface area contributed by atoms with Crippen molar-refractivity contribution in [1.29, 1.82) is 0 Å². The van der Waals surface area contributed by atoms with E-state index in [1.165, 1.54) is 16.2 Å². The average Bonchev–Trinajstić information content (AvgIpc) is 2.75. The van der Waals surface area contributed by atoms with Gasteiger partial charge in [0.2, 0.25) is 0 Å². The first-order valence-corrected chi connectivity index (χ1v) is 6.67. The number of hydrogen-bond acceptors (Lipinski definition) is 4. The van der Waals surface area contributed by atoms with Gasteiger partial charge >= 0.3 is 0 Å². The Morgan fingerprint density at radius 2 is 2.20 bits per heavy atom. The van der Waals surface area contributed by atoms with E-state index in [4.69, 9.17) is 23.2 Å². The Labute approximate surface area is 106 Å². The smallest absolute Gasteiger partial charge is 0.186 e. The second kappa shape index (κ2) is 4.70. The van der Waals surface area contributed by atoms with Crippen molar-refractivity contribution in [3.63, 3.8) is 0 Å². The molecule has 0 N–H and O–H groups in total. The first kappa shape index (κ1) is 11.2. The van der Waals surface area contributed by atoms with Crippen molar-refractivity contribution in [2.24, 2.45) is 0 Å². The molecule has 0 spiro atoms. The van der Waals surface area contributed by atoms with E-state index < -0.39 is 0 Å². The Morgan fingerprint density at radius 1 is 1.40 bits per heavy atom. The van der Waals surface area contributed by atoms with Crippen molar-refractivity contribution >= 4 is 51.0 Å². The minimum Gasteiger partial charge on any atom is -0.346 e. The summed E-state index contributed by atoms with van der Waals surface area (Å²) in [4.78, 5) is 7.47. The number of hydrogen-bond donors (Lipinski definition) is 0. The highest BCUT2D eigenvalue weighted by molar-refractivity contribution is 7.16. The van der Waals surface area contributed by atoms with Crippen molar-refractivity contribution in [2.75, 3.05) is 11.9 Å². The van der Waals surface area contributed by atoms with E-state index in [1.54, 1.807) is 11.3 Å². The lowest BCUT2D eigenvalue weighted by atomic mass is 10.4. The molecule has 0 saturated heterocycles. The standard InChI is InChI=1S/C9H8Cl2N2S2/c1-13(9-12-7(10)5-14-9)4-6-2-3-8(11)15-6/h2-3,5H,4H2,1H3. The summed E-state index contributed by atoms with van der Waals surface area (Å²) in [5.74, 6) is 0. The van der Waals surface area contributed by atoms with Gasteiger partial charge in [-0.3, -0.25) is 0 Å². The molecule has 6 heteroatoms. The predicted molar refractivity (Wildman–Crippen MR) is 68.6 cm³/mol. The molecule has 0 fully saturated rings. The number of aromatic nitrogens is 1. The third kappa shape index (κ3) is 2.84. The van der Waals surface area contributed by atoms with E-state index in [-0.39, 0.29) is 0 Å². The molecule has 0 radical (unpaired) electrons. The summed E-state index contributed by atoms with van der Waals surface area (Å²) in [7, 11) is 1.99. The van der Waals surface area contributed by atoms with Gasteiger partial charge in [-0.25, -0.2) is 4.98 Å². The van der Waals surface area contributed by atoms with Gasteiger partial charge in [0.25, 0.3) is 0 Å². The number of rotatable bonds is 3. The Balaban J connectivity index is 2.06. The topological polar surface area (TPSA) is 16.1 Å². The predicted octanol–water partition coefficient (Wildman–Crippen LogP) is 4.15. The van der Waals surface area contributed by atoms with Crippen LogP contribution in [0.3, 0.4) is 0 Å². The zero-order chi connectivity index (χ0) is 10.8. The van der Waals surface area contributed by atoms with Gasteiger partial charge in [0.15, 0.2) is 5.13 Å². The molecule has 80 valence electrons. The van der Waals surface area contributed by atoms with E-state index in [0.717, 1.165) is 16.0 Å². The Kier molecular flexibility index (Phi) is 3.51. The lowest BCUT2D eigenvalue weighted by Gasteiger charge is -2.13. The number of thiophene rings is 1. The van der Waals surface area contributed by atoms with Crippen molar-refractivity contribution in [3.8, 4) is 0 Å². The molecule has 0 aliphatic rings. The molecule has 2 rings (SSSR count). The Bertz CT molecular complexity index is 452. The van der Waals surface area contributed by atoms with Crippen LogP contribution < -0.4 is 4.90 Å². The van der Waals surface area contributed by atoms with E-state index >= 15 is 0 Å². The molecule has 0 saturated carbocycles. The molecule has 0 unspecified atom stereocenters. The molecule has 0 aliphatic carbocycles. The van der Waals surface area contributed by atoms with Gasteiger partial charge in [-0.1, -0.05) is 23.2 Å². The second-order valence-corrected chi connectivity index (χ2v) is 6.04. The summed E-state index contributed by atoms with van der Waals surface area (Å²) in [6, 6.07) is 3.93. The lowest BCUT2D eigenvalue weighted by Crippen LogP contribution is -2.14. The van der Waals surface area contributed by atoms with E-state index in [9.17, 15) is 0 Å². The van der Waals surface area contributed by atoms with Crippen LogP contribution in [0.25, 0.3) is 0 Å². The van der Waals surface area contributed by atoms with E-state index in [1.807, 2.05) is 24.6 Å². The number of halogens is 2. The molecule has 15 heavy (non-hydrogen) atoms. The summed E-state index contributed by atoms with van der Waals surface area (Å²) in [5.41, 5.74) is 0. The molecule has 0 atom stereocenters. The van der Waals surface area contributed by atoms with Gasteiger partial charge < -0.3 is 4.90 Å². The van der Waals surface area contributed by atoms with Crippen LogP contribution >= 0.6 is 45.9 Å². The fraction of sp³-hybridized carbons (Fsp3) is 0.222. The number of thiazole rings is 1. The Morgan fingerprint density at radius 3 is 2.73 bits per heavy atom. The van der Waals surface area contributed by atoms with Gasteiger partial charge in [-0.2, -0.15) is 0 Å². The summed E-state index contributed by atoms with van der Waals surface area (Å²) in [5, 5.41) is 3.30. The fourth-order valence-corrected chi connectivity index (χ4v) is 3.21. The first-order valence-electron chi connectivity index (χ1n) is 4.21. The maximum atomic E-state index is 5.86. The van der Waals surface area contributed by atoms with Gasteiger partial charge in [-0.05, 0) is 12.1 Å². The molecule has 0 aliphatic heterocycles. The molecule has 2 aromatic heterocycles. The minimum atomic E-state index is 0.547. The van der Waals surface area contributed by atoms with Crippen molar-refractivity contribution in [3.05, 3.63) is 31.9 Å². The zero-order valence-electron chi connectivity index (χ0n) is 7.91. The quantitative estimate of drug-likeness (QED) is 0.839. The minimum absolute atomic E-state index is 0.547. The fourth-order valence-electron chi connectivity index (χ4n) is 1.16. The second-order valence-electron chi connectivity index (χ2n) is 3.01. The van der Waals surface area contributed by atoms with Crippen LogP contribution in [-0.2, 0) is 6.54 Å². The highest BCUT2D eigenvalue weighted by Crippen LogP contribution is 2.27. The van der Waals surface area contributed by atoms with Crippen LogP contribution in [-0.4, -0.2) is 12.0 Å². The number of anilines is 1. The van der Waals surface area contributed by atoms with Gasteiger partial charge in [0.1, 0.15) is 5.15 Å². The van der Waals surface area contributed by atoms with Crippen LogP contribution in [0.1, 0.15) is 4.88 Å². The molecule has 2 heterocycles. The van der Waals surface area contributed by atoms with Crippen LogP contribution in [0.4, 0.5) is 5.13 Å². The molecule has 0 bridgehead atoms. The van der Waals surface area contributed by atoms with Crippen LogP contribution in [0.5, 0.6) is 0 Å². The molecule has 0 amide bonds. The number of nitrogens with zero attached hydrogens (tertiary/aromatic N) is 2. The van der Waals surface area contributed by atoms with Crippen molar-refractivity contribution in [2.45, 2.75) is 6.54 Å². The first-order chi connectivity index (χ1) is 7.15. The van der Waals surface area contributed by atoms with Gasteiger partial charge in [0.05, 0.1) is 10.9 Å². The maximum absolute atomic E-state index is 5.86. The van der Waals surface area contributed by atoms with Crippen LogP contribution in [0.2, 0.25) is 9.49 Å². The molecule has 0 aromatic carbocycles. The zero-order valence-corrected chi connectivity index (χ0v) is 11.1. The van der Waals surface area contributed by atoms with E-state index in [0.29, 0.717) is 5.15 Å². The summed E-state index contributed by atoms with van der Waals surface area (Å²) < 4.78 is 0.815. The van der Waals surface area contributed by atoms with Crippen LogP contribution in [0.15, 0.2) is 17.5 Å². The monoisotopic (exact) mass is 278 g/mol. The molecule has 2 nitrogen and oxygen atoms in total. The third-order valence-corrected chi connectivity index (χ3v) is 4.31. The Hall–Kier alpha value is -0.290. The lowest BCUT2D eigenvalue weighted by molar-refractivity contribution is 0.931. The van der Waals surface area contributed by atoms with Crippen molar-refractivity contribution in [1.82, 2.24) is 4.98 Å². The van der Waals surface area contributed by atoms with Gasteiger partial charge in [-0.15, -0.1) is 22.7 Å². The maximum Gasteiger partial charge on any atom is 0.186 e. The van der Waals surface area contributed by atoms with Crippen LogP contribution in [0, 0.1) is 0 Å². The summed E-state index contributed by atoms with van der Waals surface area (Å²) >= 11 is 14.7. The summed E-state index contributed by atoms with van der Waals surface area (Å²) in [6.07, 6.45) is 0. The largest absolute Gasteiger partial charge is 0.346 e. The SMILES string of the molecule is CN(Cc1ccc(Cl)s1)c1nc(Cl)cs1.